The molecule has 0 radical (unpaired) electrons. The first kappa shape index (κ1) is 18.3. The fourth-order valence-corrected chi connectivity index (χ4v) is 3.98. The van der Waals surface area contributed by atoms with E-state index in [-0.39, 0.29) is 29.2 Å². The van der Waals surface area contributed by atoms with Gasteiger partial charge in [-0.1, -0.05) is 47.5 Å². The van der Waals surface area contributed by atoms with Gasteiger partial charge >= 0.3 is 0 Å². The van der Waals surface area contributed by atoms with Gasteiger partial charge in [0.1, 0.15) is 6.04 Å². The molecule has 0 spiro atoms. The summed E-state index contributed by atoms with van der Waals surface area (Å²) < 4.78 is 0. The van der Waals surface area contributed by atoms with Gasteiger partial charge in [0.15, 0.2) is 0 Å². The highest BCUT2D eigenvalue weighted by Crippen LogP contribution is 2.43. The zero-order chi connectivity index (χ0) is 17.2. The molecule has 0 bridgehead atoms. The molecule has 0 aromatic heterocycles. The first-order valence-corrected chi connectivity index (χ1v) is 9.35. The smallest absolute Gasteiger partial charge is 0.243 e. The van der Waals surface area contributed by atoms with Crippen LogP contribution in [-0.4, -0.2) is 35.8 Å². The van der Waals surface area contributed by atoms with Gasteiger partial charge in [-0.2, -0.15) is 0 Å². The second-order valence-corrected chi connectivity index (χ2v) is 8.52. The number of hydrogen-bond acceptors (Lipinski definition) is 2. The summed E-state index contributed by atoms with van der Waals surface area (Å²) in [6.07, 6.45) is 5.52. The number of fused-ring (bicyclic) bond motifs is 1. The number of likely N-dealkylation sites (tertiary alicyclic amines) is 1. The maximum Gasteiger partial charge on any atom is 0.243 e. The standard InChI is InChI=1S/C19H34N2O2/c1-6-7-11-20-17(22)16-15-10-8-9-14(15)12-21(16)18(23)13(2)19(3,4)5/h13-16H,6-12H2,1-5H3,(H,20,22). The SMILES string of the molecule is CCCCNC(=O)C1C2CCCC2CN1C(=O)C(C)C(C)(C)C. The van der Waals surface area contributed by atoms with Crippen molar-refractivity contribution in [2.45, 2.75) is 72.8 Å². The summed E-state index contributed by atoms with van der Waals surface area (Å²) in [4.78, 5) is 27.7. The van der Waals surface area contributed by atoms with Crippen molar-refractivity contribution in [3.05, 3.63) is 0 Å². The summed E-state index contributed by atoms with van der Waals surface area (Å²) >= 11 is 0. The average Bonchev–Trinajstić information content (AvgIpc) is 3.04. The van der Waals surface area contributed by atoms with Crippen LogP contribution in [0.1, 0.15) is 66.7 Å². The lowest BCUT2D eigenvalue weighted by molar-refractivity contribution is -0.144. The number of rotatable bonds is 5. The molecule has 0 aromatic rings. The summed E-state index contributed by atoms with van der Waals surface area (Å²) in [7, 11) is 0. The van der Waals surface area contributed by atoms with E-state index in [0.29, 0.717) is 11.8 Å². The van der Waals surface area contributed by atoms with Crippen LogP contribution in [0.25, 0.3) is 0 Å². The number of nitrogens with zero attached hydrogens (tertiary/aromatic N) is 1. The van der Waals surface area contributed by atoms with Gasteiger partial charge in [-0.15, -0.1) is 0 Å². The van der Waals surface area contributed by atoms with E-state index in [1.807, 2.05) is 11.8 Å². The van der Waals surface area contributed by atoms with E-state index in [1.54, 1.807) is 0 Å². The lowest BCUT2D eigenvalue weighted by Gasteiger charge is -2.34. The van der Waals surface area contributed by atoms with Crippen LogP contribution in [0, 0.1) is 23.2 Å². The van der Waals surface area contributed by atoms with Gasteiger partial charge in [0.25, 0.3) is 0 Å². The third-order valence-corrected chi connectivity index (χ3v) is 5.94. The van der Waals surface area contributed by atoms with Gasteiger partial charge in [-0.05, 0) is 36.5 Å². The largest absolute Gasteiger partial charge is 0.354 e. The Labute approximate surface area is 141 Å². The van der Waals surface area contributed by atoms with Crippen LogP contribution in [0.5, 0.6) is 0 Å². The molecule has 1 heterocycles. The Kier molecular flexibility index (Phi) is 5.74. The zero-order valence-corrected chi connectivity index (χ0v) is 15.5. The molecule has 4 nitrogen and oxygen atoms in total. The van der Waals surface area contributed by atoms with Crippen LogP contribution in [-0.2, 0) is 9.59 Å². The molecule has 132 valence electrons. The second-order valence-electron chi connectivity index (χ2n) is 8.52. The van der Waals surface area contributed by atoms with Crippen molar-refractivity contribution in [3.8, 4) is 0 Å². The molecular weight excluding hydrogens is 288 g/mol. The number of carbonyl (C=O) groups excluding carboxylic acids is 2. The van der Waals surface area contributed by atoms with Crippen LogP contribution in [0.2, 0.25) is 0 Å². The molecule has 4 unspecified atom stereocenters. The fourth-order valence-electron chi connectivity index (χ4n) is 3.98. The lowest BCUT2D eigenvalue weighted by Crippen LogP contribution is -2.51. The van der Waals surface area contributed by atoms with E-state index in [2.05, 4.69) is 33.0 Å². The molecule has 2 aliphatic rings. The highest BCUT2D eigenvalue weighted by molar-refractivity contribution is 5.89. The summed E-state index contributed by atoms with van der Waals surface area (Å²) in [5.41, 5.74) is -0.0714. The number of unbranched alkanes of at least 4 members (excludes halogenated alkanes) is 1. The van der Waals surface area contributed by atoms with Gasteiger partial charge in [-0.3, -0.25) is 9.59 Å². The quantitative estimate of drug-likeness (QED) is 0.790. The topological polar surface area (TPSA) is 49.4 Å². The predicted octanol–water partition coefficient (Wildman–Crippen LogP) is 3.21. The zero-order valence-electron chi connectivity index (χ0n) is 15.5. The Morgan fingerprint density at radius 2 is 1.96 bits per heavy atom. The minimum atomic E-state index is -0.239. The minimum absolute atomic E-state index is 0.0627. The van der Waals surface area contributed by atoms with E-state index in [9.17, 15) is 9.59 Å². The normalized spacial score (nSPS) is 28.6. The summed E-state index contributed by atoms with van der Waals surface area (Å²) in [6.45, 7) is 11.9. The molecular formula is C19H34N2O2. The minimum Gasteiger partial charge on any atom is -0.354 e. The summed E-state index contributed by atoms with van der Waals surface area (Å²) in [5.74, 6) is 1.05. The summed E-state index contributed by atoms with van der Waals surface area (Å²) in [5, 5.41) is 3.07. The maximum absolute atomic E-state index is 13.0. The van der Waals surface area contributed by atoms with Crippen molar-refractivity contribution in [3.63, 3.8) is 0 Å². The Balaban J connectivity index is 2.13. The molecule has 0 aromatic carbocycles. The first-order chi connectivity index (χ1) is 10.8. The van der Waals surface area contributed by atoms with E-state index in [4.69, 9.17) is 0 Å². The molecule has 2 amide bonds. The number of nitrogens with one attached hydrogen (secondary N) is 1. The number of carbonyl (C=O) groups is 2. The van der Waals surface area contributed by atoms with Crippen LogP contribution in [0.3, 0.4) is 0 Å². The van der Waals surface area contributed by atoms with Gasteiger partial charge in [0.05, 0.1) is 0 Å². The number of hydrogen-bond donors (Lipinski definition) is 1. The van der Waals surface area contributed by atoms with Crippen molar-refractivity contribution in [1.82, 2.24) is 10.2 Å². The number of amides is 2. The molecule has 1 saturated heterocycles. The highest BCUT2D eigenvalue weighted by atomic mass is 16.2. The molecule has 4 heteroatoms. The van der Waals surface area contributed by atoms with Gasteiger partial charge in [-0.25, -0.2) is 0 Å². The molecule has 23 heavy (non-hydrogen) atoms. The van der Waals surface area contributed by atoms with Crippen molar-refractivity contribution in [2.75, 3.05) is 13.1 Å². The fraction of sp³-hybridized carbons (Fsp3) is 0.895. The Bertz CT molecular complexity index is 441. The van der Waals surface area contributed by atoms with Gasteiger partial charge < -0.3 is 10.2 Å². The van der Waals surface area contributed by atoms with E-state index >= 15 is 0 Å². The summed E-state index contributed by atoms with van der Waals surface area (Å²) in [6, 6.07) is -0.239. The first-order valence-electron chi connectivity index (χ1n) is 9.35. The van der Waals surface area contributed by atoms with E-state index in [1.165, 1.54) is 6.42 Å². The highest BCUT2D eigenvalue weighted by Gasteiger charge is 2.50. The van der Waals surface area contributed by atoms with Gasteiger partial charge in [0, 0.05) is 19.0 Å². The predicted molar refractivity (Wildman–Crippen MR) is 92.9 cm³/mol. The van der Waals surface area contributed by atoms with E-state index in [0.717, 1.165) is 38.8 Å². The molecule has 1 N–H and O–H groups in total. The molecule has 2 rings (SSSR count). The van der Waals surface area contributed by atoms with E-state index < -0.39 is 0 Å². The molecule has 4 atom stereocenters. The third-order valence-electron chi connectivity index (χ3n) is 5.94. The monoisotopic (exact) mass is 322 g/mol. The van der Waals surface area contributed by atoms with Crippen molar-refractivity contribution < 1.29 is 9.59 Å². The van der Waals surface area contributed by atoms with Crippen LogP contribution < -0.4 is 5.32 Å². The van der Waals surface area contributed by atoms with Crippen LogP contribution >= 0.6 is 0 Å². The maximum atomic E-state index is 13.0. The molecule has 2 fully saturated rings. The van der Waals surface area contributed by atoms with Crippen LogP contribution in [0.15, 0.2) is 0 Å². The Hall–Kier alpha value is -1.06. The van der Waals surface area contributed by atoms with Crippen molar-refractivity contribution >= 4 is 11.8 Å². The molecule has 1 saturated carbocycles. The molecule has 1 aliphatic carbocycles. The Morgan fingerprint density at radius 1 is 1.26 bits per heavy atom. The lowest BCUT2D eigenvalue weighted by atomic mass is 9.81. The van der Waals surface area contributed by atoms with Gasteiger partial charge in [0.2, 0.25) is 11.8 Å². The second kappa shape index (κ2) is 7.23. The average molecular weight is 322 g/mol. The Morgan fingerprint density at radius 3 is 2.57 bits per heavy atom. The molecule has 1 aliphatic heterocycles. The third kappa shape index (κ3) is 3.89. The van der Waals surface area contributed by atoms with Crippen molar-refractivity contribution in [1.29, 1.82) is 0 Å². The van der Waals surface area contributed by atoms with Crippen molar-refractivity contribution in [2.24, 2.45) is 23.2 Å². The van der Waals surface area contributed by atoms with Crippen LogP contribution in [0.4, 0.5) is 0 Å².